The van der Waals surface area contributed by atoms with Gasteiger partial charge in [-0.3, -0.25) is 20.6 Å². The molecule has 1 amide bonds. The summed E-state index contributed by atoms with van der Waals surface area (Å²) >= 11 is 0. The van der Waals surface area contributed by atoms with Crippen molar-refractivity contribution >= 4 is 11.7 Å². The van der Waals surface area contributed by atoms with E-state index in [2.05, 4.69) is 20.8 Å². The van der Waals surface area contributed by atoms with Gasteiger partial charge in [-0.2, -0.15) is 0 Å². The van der Waals surface area contributed by atoms with Crippen molar-refractivity contribution in [1.82, 2.24) is 15.4 Å². The molecule has 0 saturated carbocycles. The highest BCUT2D eigenvalue weighted by Crippen LogP contribution is 1.95. The Morgan fingerprint density at radius 3 is 2.77 bits per heavy atom. The fourth-order valence-electron chi connectivity index (χ4n) is 0.634. The zero-order valence-electron chi connectivity index (χ0n) is 7.61. The SMILES string of the molecule is CC(C)C(=O)NNc1cnccn1. The van der Waals surface area contributed by atoms with E-state index < -0.39 is 0 Å². The number of hydrogen-bond acceptors (Lipinski definition) is 4. The van der Waals surface area contributed by atoms with E-state index in [9.17, 15) is 4.79 Å². The fourth-order valence-corrected chi connectivity index (χ4v) is 0.634. The minimum atomic E-state index is -0.0781. The second-order valence-corrected chi connectivity index (χ2v) is 2.86. The first kappa shape index (κ1) is 9.44. The molecular formula is C8H12N4O. The van der Waals surface area contributed by atoms with Gasteiger partial charge in [-0.25, -0.2) is 4.98 Å². The van der Waals surface area contributed by atoms with E-state index >= 15 is 0 Å². The van der Waals surface area contributed by atoms with Crippen molar-refractivity contribution in [2.24, 2.45) is 5.92 Å². The van der Waals surface area contributed by atoms with Crippen molar-refractivity contribution in [3.8, 4) is 0 Å². The Labute approximate surface area is 76.6 Å². The molecule has 13 heavy (non-hydrogen) atoms. The zero-order chi connectivity index (χ0) is 9.68. The van der Waals surface area contributed by atoms with Crippen molar-refractivity contribution < 1.29 is 4.79 Å². The van der Waals surface area contributed by atoms with E-state index in [0.717, 1.165) is 0 Å². The highest BCUT2D eigenvalue weighted by atomic mass is 16.2. The van der Waals surface area contributed by atoms with Gasteiger partial charge >= 0.3 is 0 Å². The molecule has 0 unspecified atom stereocenters. The van der Waals surface area contributed by atoms with E-state index in [1.807, 2.05) is 13.8 Å². The van der Waals surface area contributed by atoms with Gasteiger partial charge in [0.2, 0.25) is 5.91 Å². The molecule has 5 heteroatoms. The lowest BCUT2D eigenvalue weighted by Crippen LogP contribution is -2.33. The lowest BCUT2D eigenvalue weighted by atomic mass is 10.2. The number of aromatic nitrogens is 2. The molecule has 1 heterocycles. The van der Waals surface area contributed by atoms with Crippen LogP contribution in [0.25, 0.3) is 0 Å². The summed E-state index contributed by atoms with van der Waals surface area (Å²) < 4.78 is 0. The van der Waals surface area contributed by atoms with Crippen LogP contribution in [0.3, 0.4) is 0 Å². The van der Waals surface area contributed by atoms with Gasteiger partial charge in [-0.05, 0) is 0 Å². The largest absolute Gasteiger partial charge is 0.281 e. The second-order valence-electron chi connectivity index (χ2n) is 2.86. The Kier molecular flexibility index (Phi) is 3.19. The van der Waals surface area contributed by atoms with Gasteiger partial charge in [-0.15, -0.1) is 0 Å². The van der Waals surface area contributed by atoms with E-state index in [0.29, 0.717) is 5.82 Å². The van der Waals surface area contributed by atoms with Gasteiger partial charge in [0, 0.05) is 18.3 Å². The van der Waals surface area contributed by atoms with Crippen LogP contribution in [-0.4, -0.2) is 15.9 Å². The number of nitrogens with one attached hydrogen (secondary N) is 2. The Morgan fingerprint density at radius 2 is 2.23 bits per heavy atom. The first-order valence-electron chi connectivity index (χ1n) is 4.02. The zero-order valence-corrected chi connectivity index (χ0v) is 7.61. The van der Waals surface area contributed by atoms with E-state index in [4.69, 9.17) is 0 Å². The van der Waals surface area contributed by atoms with Crippen LogP contribution in [-0.2, 0) is 4.79 Å². The summed E-state index contributed by atoms with van der Waals surface area (Å²) in [6, 6.07) is 0. The Morgan fingerprint density at radius 1 is 1.46 bits per heavy atom. The quantitative estimate of drug-likeness (QED) is 0.667. The smallest absolute Gasteiger partial charge is 0.240 e. The van der Waals surface area contributed by atoms with Gasteiger partial charge in [0.25, 0.3) is 0 Å². The van der Waals surface area contributed by atoms with Crippen LogP contribution >= 0.6 is 0 Å². The number of anilines is 1. The van der Waals surface area contributed by atoms with Crippen LogP contribution < -0.4 is 10.9 Å². The fraction of sp³-hybridized carbons (Fsp3) is 0.375. The summed E-state index contributed by atoms with van der Waals surface area (Å²) in [6.07, 6.45) is 4.64. The van der Waals surface area contributed by atoms with E-state index in [-0.39, 0.29) is 11.8 Å². The molecule has 0 aliphatic carbocycles. The van der Waals surface area contributed by atoms with Crippen LogP contribution in [0.2, 0.25) is 0 Å². The maximum atomic E-state index is 11.1. The van der Waals surface area contributed by atoms with Crippen molar-refractivity contribution in [2.75, 3.05) is 5.43 Å². The van der Waals surface area contributed by atoms with Crippen LogP contribution in [0.15, 0.2) is 18.6 Å². The summed E-state index contributed by atoms with van der Waals surface area (Å²) in [5, 5.41) is 0. The lowest BCUT2D eigenvalue weighted by molar-refractivity contribution is -0.123. The minimum absolute atomic E-state index is 0.0517. The minimum Gasteiger partial charge on any atom is -0.281 e. The predicted octanol–water partition coefficient (Wildman–Crippen LogP) is 0.576. The molecule has 1 rings (SSSR count). The summed E-state index contributed by atoms with van der Waals surface area (Å²) in [5.41, 5.74) is 5.16. The molecule has 0 atom stereocenters. The highest BCUT2D eigenvalue weighted by Gasteiger charge is 2.05. The summed E-state index contributed by atoms with van der Waals surface area (Å²) in [5.74, 6) is 0.395. The third-order valence-electron chi connectivity index (χ3n) is 1.40. The lowest BCUT2D eigenvalue weighted by Gasteiger charge is -2.08. The maximum absolute atomic E-state index is 11.1. The summed E-state index contributed by atoms with van der Waals surface area (Å²) in [7, 11) is 0. The Balaban J connectivity index is 2.40. The van der Waals surface area contributed by atoms with Crippen molar-refractivity contribution in [2.45, 2.75) is 13.8 Å². The highest BCUT2D eigenvalue weighted by molar-refractivity contribution is 5.78. The van der Waals surface area contributed by atoms with Gasteiger partial charge < -0.3 is 0 Å². The molecule has 1 aromatic heterocycles. The van der Waals surface area contributed by atoms with Gasteiger partial charge in [0.15, 0.2) is 5.82 Å². The molecule has 0 aliphatic heterocycles. The van der Waals surface area contributed by atoms with Gasteiger partial charge in [0.05, 0.1) is 6.20 Å². The molecule has 0 aliphatic rings. The second kappa shape index (κ2) is 4.39. The first-order chi connectivity index (χ1) is 6.20. The molecular weight excluding hydrogens is 168 g/mol. The maximum Gasteiger partial charge on any atom is 0.240 e. The molecule has 0 fully saturated rings. The molecule has 0 aromatic carbocycles. The molecule has 0 spiro atoms. The standard InChI is InChI=1S/C8H12N4O/c1-6(2)8(13)12-11-7-5-9-3-4-10-7/h3-6H,1-2H3,(H,10,11)(H,12,13). The third kappa shape index (κ3) is 3.06. The van der Waals surface area contributed by atoms with E-state index in [1.165, 1.54) is 6.20 Å². The molecule has 0 bridgehead atoms. The number of amides is 1. The number of carbonyl (C=O) groups excluding carboxylic acids is 1. The average molecular weight is 180 g/mol. The normalized spacial score (nSPS) is 9.77. The summed E-state index contributed by atoms with van der Waals surface area (Å²) in [6.45, 7) is 3.63. The number of nitrogens with zero attached hydrogens (tertiary/aromatic N) is 2. The third-order valence-corrected chi connectivity index (χ3v) is 1.40. The van der Waals surface area contributed by atoms with Crippen molar-refractivity contribution in [1.29, 1.82) is 0 Å². The van der Waals surface area contributed by atoms with Crippen molar-refractivity contribution in [3.05, 3.63) is 18.6 Å². The molecule has 2 N–H and O–H groups in total. The monoisotopic (exact) mass is 180 g/mol. The van der Waals surface area contributed by atoms with Gasteiger partial charge in [-0.1, -0.05) is 13.8 Å². The average Bonchev–Trinajstić information content (AvgIpc) is 2.15. The number of hydrazine groups is 1. The molecule has 0 radical (unpaired) electrons. The first-order valence-corrected chi connectivity index (χ1v) is 4.02. The van der Waals surface area contributed by atoms with Crippen molar-refractivity contribution in [3.63, 3.8) is 0 Å². The molecule has 5 nitrogen and oxygen atoms in total. The van der Waals surface area contributed by atoms with Gasteiger partial charge in [0.1, 0.15) is 0 Å². The number of hydrogen-bond donors (Lipinski definition) is 2. The summed E-state index contributed by atoms with van der Waals surface area (Å²) in [4.78, 5) is 18.8. The van der Waals surface area contributed by atoms with Crippen LogP contribution in [0, 0.1) is 5.92 Å². The topological polar surface area (TPSA) is 66.9 Å². The predicted molar refractivity (Wildman–Crippen MR) is 48.6 cm³/mol. The van der Waals surface area contributed by atoms with E-state index in [1.54, 1.807) is 12.4 Å². The molecule has 0 saturated heterocycles. The Hall–Kier alpha value is -1.65. The number of rotatable bonds is 3. The number of carbonyl (C=O) groups is 1. The molecule has 70 valence electrons. The van der Waals surface area contributed by atoms with Crippen LogP contribution in [0.4, 0.5) is 5.82 Å². The Bertz CT molecular complexity index is 273. The van der Waals surface area contributed by atoms with Crippen LogP contribution in [0.5, 0.6) is 0 Å². The molecule has 1 aromatic rings. The van der Waals surface area contributed by atoms with Crippen LogP contribution in [0.1, 0.15) is 13.8 Å².